The first-order valence-electron chi connectivity index (χ1n) is 12.7. The third-order valence-electron chi connectivity index (χ3n) is 5.76. The molecule has 1 aromatic heterocycles. The monoisotopic (exact) mass is 578 g/mol. The number of thiophene rings is 1. The molecule has 0 aliphatic rings. The summed E-state index contributed by atoms with van der Waals surface area (Å²) in [6, 6.07) is 20.0. The summed E-state index contributed by atoms with van der Waals surface area (Å²) in [4.78, 5) is 29.1. The van der Waals surface area contributed by atoms with Gasteiger partial charge in [-0.15, -0.1) is 34.9 Å². The van der Waals surface area contributed by atoms with Crippen molar-refractivity contribution in [2.24, 2.45) is 0 Å². The van der Waals surface area contributed by atoms with Gasteiger partial charge in [-0.3, -0.25) is 0 Å². The van der Waals surface area contributed by atoms with Crippen molar-refractivity contribution in [3.05, 3.63) is 71.8 Å². The number of thioether (sulfide) groups is 2. The third-order valence-corrected chi connectivity index (χ3v) is 9.52. The van der Waals surface area contributed by atoms with Crippen LogP contribution in [-0.2, 0) is 9.47 Å². The van der Waals surface area contributed by atoms with Crippen LogP contribution in [0.5, 0.6) is 0 Å². The van der Waals surface area contributed by atoms with Gasteiger partial charge in [-0.1, -0.05) is 102 Å². The topological polar surface area (TPSA) is 52.6 Å². The van der Waals surface area contributed by atoms with E-state index in [0.717, 1.165) is 35.9 Å². The number of hydrogen-bond acceptors (Lipinski definition) is 7. The second kappa shape index (κ2) is 11.4. The molecule has 0 fully saturated rings. The number of esters is 2. The summed E-state index contributed by atoms with van der Waals surface area (Å²) < 4.78 is 11.4. The van der Waals surface area contributed by atoms with Crippen LogP contribution in [0.2, 0.25) is 0 Å². The number of methoxy groups -OCH3 is 2. The molecular formula is C32H34O4S3. The molecule has 0 saturated heterocycles. The Bertz CT molecular complexity index is 1510. The van der Waals surface area contributed by atoms with E-state index in [0.29, 0.717) is 5.56 Å². The van der Waals surface area contributed by atoms with Crippen molar-refractivity contribution in [3.8, 4) is 21.6 Å². The lowest BCUT2D eigenvalue weighted by molar-refractivity contribution is 0.0553. The Hall–Kier alpha value is -2.74. The van der Waals surface area contributed by atoms with Crippen molar-refractivity contribution in [1.29, 1.82) is 0 Å². The fourth-order valence-corrected chi connectivity index (χ4v) is 8.74. The van der Waals surface area contributed by atoms with Crippen molar-refractivity contribution in [3.63, 3.8) is 0 Å². The lowest BCUT2D eigenvalue weighted by Crippen LogP contribution is -2.17. The van der Waals surface area contributed by atoms with Crippen molar-refractivity contribution in [2.45, 2.75) is 60.1 Å². The van der Waals surface area contributed by atoms with E-state index in [1.165, 1.54) is 14.2 Å². The van der Waals surface area contributed by atoms with Gasteiger partial charge in [0, 0.05) is 35.6 Å². The zero-order valence-electron chi connectivity index (χ0n) is 23.6. The Kier molecular flexibility index (Phi) is 8.55. The molecule has 4 nitrogen and oxygen atoms in total. The Balaban J connectivity index is 2.37. The van der Waals surface area contributed by atoms with Crippen molar-refractivity contribution < 1.29 is 19.1 Å². The van der Waals surface area contributed by atoms with E-state index in [1.54, 1.807) is 34.9 Å². The van der Waals surface area contributed by atoms with Crippen LogP contribution in [0, 0.1) is 0 Å². The van der Waals surface area contributed by atoms with Crippen LogP contribution in [0.15, 0.2) is 69.8 Å². The molecule has 4 rings (SSSR count). The van der Waals surface area contributed by atoms with E-state index in [4.69, 9.17) is 9.47 Å². The second-order valence-electron chi connectivity index (χ2n) is 11.1. The SMILES string of the molecule is COC(=O)c1c(C(=O)OC)c(-c2ccccc2)c2c(SC(C)(C)C)sc(-c3ccccc3)c2c1SC(C)(C)C. The largest absolute Gasteiger partial charge is 0.465 e. The van der Waals surface area contributed by atoms with Gasteiger partial charge >= 0.3 is 11.9 Å². The Labute approximate surface area is 243 Å². The summed E-state index contributed by atoms with van der Waals surface area (Å²) in [6.07, 6.45) is 0. The Morgan fingerprint density at radius 2 is 1.15 bits per heavy atom. The van der Waals surface area contributed by atoms with Gasteiger partial charge in [-0.2, -0.15) is 0 Å². The van der Waals surface area contributed by atoms with Crippen LogP contribution in [-0.4, -0.2) is 35.7 Å². The number of carbonyl (C=O) groups is 2. The van der Waals surface area contributed by atoms with Gasteiger partial charge in [-0.25, -0.2) is 9.59 Å². The van der Waals surface area contributed by atoms with Crippen LogP contribution >= 0.6 is 34.9 Å². The van der Waals surface area contributed by atoms with E-state index in [1.807, 2.05) is 48.5 Å². The highest BCUT2D eigenvalue weighted by Gasteiger charge is 2.36. The molecule has 1 heterocycles. The molecule has 0 atom stereocenters. The first kappa shape index (κ1) is 29.2. The zero-order valence-corrected chi connectivity index (χ0v) is 26.1. The van der Waals surface area contributed by atoms with E-state index in [9.17, 15) is 9.59 Å². The molecule has 39 heavy (non-hydrogen) atoms. The van der Waals surface area contributed by atoms with Crippen LogP contribution in [0.3, 0.4) is 0 Å². The Morgan fingerprint density at radius 1 is 0.667 bits per heavy atom. The summed E-state index contributed by atoms with van der Waals surface area (Å²) in [5.74, 6) is -1.12. The molecule has 0 unspecified atom stereocenters. The molecule has 0 amide bonds. The molecular weight excluding hydrogens is 545 g/mol. The number of hydrogen-bond donors (Lipinski definition) is 0. The third kappa shape index (κ3) is 6.21. The van der Waals surface area contributed by atoms with E-state index < -0.39 is 11.9 Å². The molecule has 0 bridgehead atoms. The minimum Gasteiger partial charge on any atom is -0.465 e. The minimum absolute atomic E-state index is 0.0938. The van der Waals surface area contributed by atoms with Gasteiger partial charge in [0.15, 0.2) is 0 Å². The fourth-order valence-electron chi connectivity index (χ4n) is 4.39. The smallest absolute Gasteiger partial charge is 0.339 e. The summed E-state index contributed by atoms with van der Waals surface area (Å²) in [6.45, 7) is 12.9. The number of benzene rings is 3. The van der Waals surface area contributed by atoms with E-state index >= 15 is 0 Å². The molecule has 7 heteroatoms. The zero-order chi connectivity index (χ0) is 28.5. The fraction of sp³-hybridized carbons (Fsp3) is 0.312. The molecule has 0 radical (unpaired) electrons. The number of carbonyl (C=O) groups excluding carboxylic acids is 2. The lowest BCUT2D eigenvalue weighted by Gasteiger charge is -2.25. The highest BCUT2D eigenvalue weighted by Crippen LogP contribution is 2.56. The van der Waals surface area contributed by atoms with E-state index in [-0.39, 0.29) is 20.6 Å². The van der Waals surface area contributed by atoms with Crippen LogP contribution < -0.4 is 0 Å². The molecule has 0 aliphatic heterocycles. The maximum atomic E-state index is 13.6. The number of rotatable bonds is 6. The van der Waals surface area contributed by atoms with Crippen LogP contribution in [0.4, 0.5) is 0 Å². The maximum absolute atomic E-state index is 13.6. The van der Waals surface area contributed by atoms with Gasteiger partial charge in [0.05, 0.1) is 29.6 Å². The second-order valence-corrected chi connectivity index (χ2v) is 16.0. The molecule has 0 N–H and O–H groups in total. The molecule has 204 valence electrons. The average molecular weight is 579 g/mol. The normalized spacial score (nSPS) is 12.0. The van der Waals surface area contributed by atoms with Crippen molar-refractivity contribution >= 4 is 57.6 Å². The first-order chi connectivity index (χ1) is 18.4. The van der Waals surface area contributed by atoms with Crippen LogP contribution in [0.25, 0.3) is 32.3 Å². The quantitative estimate of drug-likeness (QED) is 0.168. The van der Waals surface area contributed by atoms with Crippen LogP contribution in [0.1, 0.15) is 62.3 Å². The first-order valence-corrected chi connectivity index (χ1v) is 15.1. The number of ether oxygens (including phenoxy) is 2. The molecule has 0 saturated carbocycles. The van der Waals surface area contributed by atoms with Gasteiger partial charge in [-0.05, 0) is 11.1 Å². The highest BCUT2D eigenvalue weighted by atomic mass is 32.2. The molecule has 4 aromatic rings. The lowest BCUT2D eigenvalue weighted by atomic mass is 9.89. The summed E-state index contributed by atoms with van der Waals surface area (Å²) in [5.41, 5.74) is 3.08. The van der Waals surface area contributed by atoms with E-state index in [2.05, 4.69) is 53.7 Å². The Morgan fingerprint density at radius 3 is 1.64 bits per heavy atom. The van der Waals surface area contributed by atoms with Gasteiger partial charge < -0.3 is 9.47 Å². The maximum Gasteiger partial charge on any atom is 0.339 e. The van der Waals surface area contributed by atoms with Gasteiger partial charge in [0.1, 0.15) is 0 Å². The van der Waals surface area contributed by atoms with Gasteiger partial charge in [0.2, 0.25) is 0 Å². The molecule has 0 aliphatic carbocycles. The number of fused-ring (bicyclic) bond motifs is 1. The highest BCUT2D eigenvalue weighted by molar-refractivity contribution is 8.02. The van der Waals surface area contributed by atoms with Crippen molar-refractivity contribution in [2.75, 3.05) is 14.2 Å². The standard InChI is InChI=1S/C32H34O4S3/c1-31(2,3)38-27-24-23(30(39-32(4,5)6)37-26(24)20-17-13-10-14-18-20)21(19-15-11-9-12-16-19)22(28(33)35-7)25(27)29(34)36-8/h9-18H,1-8H3. The predicted molar refractivity (Wildman–Crippen MR) is 167 cm³/mol. The summed E-state index contributed by atoms with van der Waals surface area (Å²) in [5, 5.41) is 1.93. The average Bonchev–Trinajstić information content (AvgIpc) is 3.25. The molecule has 0 spiro atoms. The predicted octanol–water partition coefficient (Wildman–Crippen LogP) is 9.59. The minimum atomic E-state index is -0.564. The molecule has 3 aromatic carbocycles. The van der Waals surface area contributed by atoms with Crippen molar-refractivity contribution in [1.82, 2.24) is 0 Å². The summed E-state index contributed by atoms with van der Waals surface area (Å²) in [7, 11) is 2.71. The van der Waals surface area contributed by atoms with Gasteiger partial charge in [0.25, 0.3) is 0 Å². The summed E-state index contributed by atoms with van der Waals surface area (Å²) >= 11 is 5.05.